The minimum absolute atomic E-state index is 0.0369. The summed E-state index contributed by atoms with van der Waals surface area (Å²) in [4.78, 5) is 22.8. The molecule has 2 rings (SSSR count). The van der Waals surface area contributed by atoms with Gasteiger partial charge in [0, 0.05) is 17.4 Å². The van der Waals surface area contributed by atoms with E-state index in [1.165, 1.54) is 6.08 Å². The first kappa shape index (κ1) is 15.2. The summed E-state index contributed by atoms with van der Waals surface area (Å²) < 4.78 is 0. The van der Waals surface area contributed by atoms with Crippen molar-refractivity contribution in [1.29, 1.82) is 0 Å². The van der Waals surface area contributed by atoms with E-state index < -0.39 is 6.17 Å². The van der Waals surface area contributed by atoms with Crippen molar-refractivity contribution in [2.75, 3.05) is 5.75 Å². The SMILES string of the molecule is C=CC(N)NC(=O)CCCC[C@@H]1SC[C@@H]2NC(=O)N[C@@H]21. The second-order valence-corrected chi connectivity index (χ2v) is 6.47. The van der Waals surface area contributed by atoms with Crippen molar-refractivity contribution in [3.63, 3.8) is 0 Å². The van der Waals surface area contributed by atoms with Gasteiger partial charge in [-0.3, -0.25) is 4.79 Å². The van der Waals surface area contributed by atoms with Crippen LogP contribution in [-0.2, 0) is 4.79 Å². The largest absolute Gasteiger partial charge is 0.337 e. The van der Waals surface area contributed by atoms with Gasteiger partial charge in [0.1, 0.15) is 0 Å². The maximum absolute atomic E-state index is 11.5. The molecule has 0 saturated carbocycles. The van der Waals surface area contributed by atoms with E-state index >= 15 is 0 Å². The molecule has 0 aromatic heterocycles. The number of rotatable bonds is 7. The zero-order valence-corrected chi connectivity index (χ0v) is 12.2. The Morgan fingerprint density at radius 1 is 1.55 bits per heavy atom. The fourth-order valence-corrected chi connectivity index (χ4v) is 4.13. The predicted molar refractivity (Wildman–Crippen MR) is 80.3 cm³/mol. The highest BCUT2D eigenvalue weighted by Crippen LogP contribution is 2.33. The normalized spacial score (nSPS) is 29.2. The van der Waals surface area contributed by atoms with Gasteiger partial charge in [0.05, 0.1) is 18.2 Å². The molecule has 4 atom stereocenters. The van der Waals surface area contributed by atoms with E-state index in [1.54, 1.807) is 0 Å². The van der Waals surface area contributed by atoms with Crippen LogP contribution in [0.4, 0.5) is 4.79 Å². The molecule has 112 valence electrons. The summed E-state index contributed by atoms with van der Waals surface area (Å²) in [5.41, 5.74) is 5.55. The predicted octanol–water partition coefficient (Wildman–Crippen LogP) is 0.299. The average Bonchev–Trinajstić information content (AvgIpc) is 2.94. The topological polar surface area (TPSA) is 96.2 Å². The standard InChI is InChI=1S/C13H22N4O2S/c1-2-10(14)16-11(18)6-4-3-5-9-12-8(7-20-9)15-13(19)17-12/h2,8-10,12H,1,3-7,14H2,(H,16,18)(H2,15,17,19)/t8-,9-,10?,12-/m0/s1. The minimum Gasteiger partial charge on any atom is -0.337 e. The van der Waals surface area contributed by atoms with Crippen LogP contribution in [-0.4, -0.2) is 41.2 Å². The summed E-state index contributed by atoms with van der Waals surface area (Å²) in [6.45, 7) is 3.52. The van der Waals surface area contributed by atoms with Crippen molar-refractivity contribution in [2.45, 2.75) is 49.2 Å². The van der Waals surface area contributed by atoms with Crippen molar-refractivity contribution < 1.29 is 9.59 Å². The molecule has 2 aliphatic rings. The lowest BCUT2D eigenvalue weighted by Crippen LogP contribution is -2.39. The van der Waals surface area contributed by atoms with Gasteiger partial charge in [0.2, 0.25) is 5.91 Å². The van der Waals surface area contributed by atoms with Gasteiger partial charge in [-0.05, 0) is 12.8 Å². The van der Waals surface area contributed by atoms with Gasteiger partial charge in [0.25, 0.3) is 0 Å². The van der Waals surface area contributed by atoms with E-state index in [0.717, 1.165) is 25.0 Å². The number of carbonyl (C=O) groups excluding carboxylic acids is 2. The molecular formula is C13H22N4O2S. The molecular weight excluding hydrogens is 276 g/mol. The Balaban J connectivity index is 1.61. The fourth-order valence-electron chi connectivity index (χ4n) is 2.59. The Bertz CT molecular complexity index is 391. The van der Waals surface area contributed by atoms with E-state index in [0.29, 0.717) is 11.7 Å². The monoisotopic (exact) mass is 298 g/mol. The maximum Gasteiger partial charge on any atom is 0.315 e. The van der Waals surface area contributed by atoms with Crippen molar-refractivity contribution in [3.05, 3.63) is 12.7 Å². The third-order valence-corrected chi connectivity index (χ3v) is 5.17. The number of carbonyl (C=O) groups is 2. The van der Waals surface area contributed by atoms with Crippen LogP contribution >= 0.6 is 11.8 Å². The number of fused-ring (bicyclic) bond motifs is 1. The van der Waals surface area contributed by atoms with Gasteiger partial charge in [-0.1, -0.05) is 19.1 Å². The van der Waals surface area contributed by atoms with Crippen LogP contribution in [0.3, 0.4) is 0 Å². The van der Waals surface area contributed by atoms with Crippen molar-refractivity contribution in [1.82, 2.24) is 16.0 Å². The third kappa shape index (κ3) is 3.89. The van der Waals surface area contributed by atoms with Gasteiger partial charge in [-0.25, -0.2) is 4.79 Å². The molecule has 0 aromatic carbocycles. The summed E-state index contributed by atoms with van der Waals surface area (Å²) in [5, 5.41) is 9.00. The highest BCUT2D eigenvalue weighted by Gasteiger charge is 2.42. The van der Waals surface area contributed by atoms with Gasteiger partial charge in [0.15, 0.2) is 0 Å². The van der Waals surface area contributed by atoms with Crippen LogP contribution in [0.25, 0.3) is 0 Å². The number of thioether (sulfide) groups is 1. The Hall–Kier alpha value is -1.21. The number of urea groups is 1. The molecule has 0 aromatic rings. The number of unbranched alkanes of at least 4 members (excludes halogenated alkanes) is 1. The summed E-state index contributed by atoms with van der Waals surface area (Å²) in [5.74, 6) is 0.938. The molecule has 2 fully saturated rings. The lowest BCUT2D eigenvalue weighted by atomic mass is 10.0. The van der Waals surface area contributed by atoms with E-state index in [9.17, 15) is 9.59 Å². The summed E-state index contributed by atoms with van der Waals surface area (Å²) in [6, 6.07) is 0.463. The Morgan fingerprint density at radius 3 is 3.10 bits per heavy atom. The average molecular weight is 298 g/mol. The second-order valence-electron chi connectivity index (χ2n) is 5.20. The van der Waals surface area contributed by atoms with Crippen molar-refractivity contribution >= 4 is 23.7 Å². The molecule has 0 spiro atoms. The zero-order chi connectivity index (χ0) is 14.5. The zero-order valence-electron chi connectivity index (χ0n) is 11.4. The van der Waals surface area contributed by atoms with Crippen molar-refractivity contribution in [3.8, 4) is 0 Å². The number of nitrogens with one attached hydrogen (secondary N) is 3. The Kier molecular flexibility index (Phi) is 5.31. The summed E-state index contributed by atoms with van der Waals surface area (Å²) in [6.07, 6.45) is 4.36. The van der Waals surface area contributed by atoms with Crippen LogP contribution in [0.5, 0.6) is 0 Å². The summed E-state index contributed by atoms with van der Waals surface area (Å²) in [7, 11) is 0. The lowest BCUT2D eigenvalue weighted by Gasteiger charge is -2.16. The maximum atomic E-state index is 11.5. The molecule has 2 heterocycles. The molecule has 0 aliphatic carbocycles. The smallest absolute Gasteiger partial charge is 0.315 e. The van der Waals surface area contributed by atoms with Gasteiger partial charge in [-0.15, -0.1) is 0 Å². The molecule has 3 amide bonds. The van der Waals surface area contributed by atoms with Crippen LogP contribution in [0.15, 0.2) is 12.7 Å². The second kappa shape index (κ2) is 6.99. The highest BCUT2D eigenvalue weighted by atomic mass is 32.2. The number of nitrogens with two attached hydrogens (primary N) is 1. The molecule has 5 N–H and O–H groups in total. The molecule has 0 bridgehead atoms. The van der Waals surface area contributed by atoms with Crippen LogP contribution < -0.4 is 21.7 Å². The Morgan fingerprint density at radius 2 is 2.35 bits per heavy atom. The van der Waals surface area contributed by atoms with Crippen LogP contribution in [0.2, 0.25) is 0 Å². The van der Waals surface area contributed by atoms with E-state index in [2.05, 4.69) is 22.5 Å². The van der Waals surface area contributed by atoms with E-state index in [1.807, 2.05) is 11.8 Å². The van der Waals surface area contributed by atoms with E-state index in [-0.39, 0.29) is 24.0 Å². The van der Waals surface area contributed by atoms with Gasteiger partial charge < -0.3 is 21.7 Å². The molecule has 20 heavy (non-hydrogen) atoms. The molecule has 0 radical (unpaired) electrons. The van der Waals surface area contributed by atoms with Gasteiger partial charge >= 0.3 is 6.03 Å². The highest BCUT2D eigenvalue weighted by molar-refractivity contribution is 8.00. The third-order valence-electron chi connectivity index (χ3n) is 3.66. The first-order chi connectivity index (χ1) is 9.60. The molecule has 6 nitrogen and oxygen atoms in total. The van der Waals surface area contributed by atoms with Crippen LogP contribution in [0, 0.1) is 0 Å². The first-order valence-electron chi connectivity index (χ1n) is 6.96. The fraction of sp³-hybridized carbons (Fsp3) is 0.692. The summed E-state index contributed by atoms with van der Waals surface area (Å²) >= 11 is 1.90. The number of hydrogen-bond donors (Lipinski definition) is 4. The van der Waals surface area contributed by atoms with Gasteiger partial charge in [-0.2, -0.15) is 11.8 Å². The number of amides is 3. The first-order valence-corrected chi connectivity index (χ1v) is 8.01. The minimum atomic E-state index is -0.464. The Labute approximate surface area is 123 Å². The number of hydrogen-bond acceptors (Lipinski definition) is 4. The molecule has 1 unspecified atom stereocenters. The molecule has 2 aliphatic heterocycles. The molecule has 7 heteroatoms. The molecule has 2 saturated heterocycles. The lowest BCUT2D eigenvalue weighted by molar-refractivity contribution is -0.121. The van der Waals surface area contributed by atoms with Crippen molar-refractivity contribution in [2.24, 2.45) is 5.73 Å². The quantitative estimate of drug-likeness (QED) is 0.235. The van der Waals surface area contributed by atoms with Crippen LogP contribution in [0.1, 0.15) is 25.7 Å². The van der Waals surface area contributed by atoms with E-state index in [4.69, 9.17) is 5.73 Å².